The predicted octanol–water partition coefficient (Wildman–Crippen LogP) is 2.03. The molecule has 0 bridgehead atoms. The number of nitrogens with one attached hydrogen (secondary N) is 1. The number of alkyl halides is 2. The molecule has 0 aromatic carbocycles. The van der Waals surface area contributed by atoms with E-state index in [2.05, 4.69) is 5.32 Å². The lowest BCUT2D eigenvalue weighted by Crippen LogP contribution is -2.57. The topological polar surface area (TPSA) is 75.7 Å². The highest BCUT2D eigenvalue weighted by molar-refractivity contribution is 8.14. The van der Waals surface area contributed by atoms with Gasteiger partial charge in [0.2, 0.25) is 5.91 Å². The average molecular weight is 352 g/mol. The summed E-state index contributed by atoms with van der Waals surface area (Å²) in [7, 11) is 0. The third kappa shape index (κ3) is 7.62. The van der Waals surface area contributed by atoms with E-state index in [0.717, 1.165) is 16.7 Å². The zero-order valence-corrected chi connectivity index (χ0v) is 14.5. The van der Waals surface area contributed by atoms with E-state index in [1.165, 1.54) is 6.92 Å². The Labute approximate surface area is 138 Å². The standard InChI is InChI=1S/C14H22F2N2O4S/c1-9(19)23-7-11(20)17-10-5-14(15,16)8-18(6-10)12(21)22-13(2,3)4/h10H,5-8H2,1-4H3,(H,17,20)/t10-/m0/s1. The van der Waals surface area contributed by atoms with Crippen LogP contribution in [0.25, 0.3) is 0 Å². The molecular formula is C14H22F2N2O4S. The van der Waals surface area contributed by atoms with Crippen LogP contribution in [-0.2, 0) is 14.3 Å². The van der Waals surface area contributed by atoms with Gasteiger partial charge in [0.05, 0.1) is 18.3 Å². The van der Waals surface area contributed by atoms with Crippen molar-refractivity contribution in [3.63, 3.8) is 0 Å². The van der Waals surface area contributed by atoms with E-state index in [-0.39, 0.29) is 17.4 Å². The summed E-state index contributed by atoms with van der Waals surface area (Å²) >= 11 is 0.799. The maximum Gasteiger partial charge on any atom is 0.410 e. The van der Waals surface area contributed by atoms with Gasteiger partial charge in [-0.2, -0.15) is 0 Å². The van der Waals surface area contributed by atoms with Crippen LogP contribution in [-0.4, -0.2) is 58.4 Å². The minimum absolute atomic E-state index is 0.0546. The molecule has 0 aromatic rings. The molecule has 1 rings (SSSR count). The number of piperidine rings is 1. The van der Waals surface area contributed by atoms with E-state index >= 15 is 0 Å². The first-order chi connectivity index (χ1) is 10.4. The summed E-state index contributed by atoms with van der Waals surface area (Å²) in [6.07, 6.45) is -1.39. The van der Waals surface area contributed by atoms with E-state index in [1.807, 2.05) is 0 Å². The molecule has 132 valence electrons. The van der Waals surface area contributed by atoms with Crippen molar-refractivity contribution in [3.8, 4) is 0 Å². The van der Waals surface area contributed by atoms with E-state index < -0.39 is 42.5 Å². The molecule has 1 aliphatic rings. The van der Waals surface area contributed by atoms with Gasteiger partial charge < -0.3 is 15.0 Å². The summed E-state index contributed by atoms with van der Waals surface area (Å²) in [5, 5.41) is 2.20. The molecule has 0 spiro atoms. The maximum absolute atomic E-state index is 13.8. The minimum atomic E-state index is -3.11. The van der Waals surface area contributed by atoms with Crippen LogP contribution in [0, 0.1) is 0 Å². The zero-order chi connectivity index (χ0) is 17.8. The lowest BCUT2D eigenvalue weighted by Gasteiger charge is -2.38. The van der Waals surface area contributed by atoms with Gasteiger partial charge in [-0.1, -0.05) is 11.8 Å². The Kier molecular flexibility index (Phi) is 6.38. The van der Waals surface area contributed by atoms with E-state index in [4.69, 9.17) is 4.74 Å². The van der Waals surface area contributed by atoms with Crippen LogP contribution >= 0.6 is 11.8 Å². The molecule has 0 saturated carbocycles. The molecular weight excluding hydrogens is 330 g/mol. The minimum Gasteiger partial charge on any atom is -0.444 e. The molecule has 0 radical (unpaired) electrons. The Balaban J connectivity index is 2.66. The lowest BCUT2D eigenvalue weighted by atomic mass is 10.0. The highest BCUT2D eigenvalue weighted by Gasteiger charge is 2.43. The fourth-order valence-corrected chi connectivity index (χ4v) is 2.52. The molecule has 1 aliphatic heterocycles. The number of halogens is 2. The maximum atomic E-state index is 13.8. The molecule has 1 heterocycles. The molecule has 9 heteroatoms. The molecule has 0 aromatic heterocycles. The van der Waals surface area contributed by atoms with Crippen molar-refractivity contribution in [1.29, 1.82) is 0 Å². The normalized spacial score (nSPS) is 20.8. The van der Waals surface area contributed by atoms with E-state index in [1.54, 1.807) is 20.8 Å². The van der Waals surface area contributed by atoms with Gasteiger partial charge in [-0.3, -0.25) is 9.59 Å². The Bertz CT molecular complexity index is 480. The first-order valence-corrected chi connectivity index (χ1v) is 8.15. The van der Waals surface area contributed by atoms with Crippen LogP contribution in [0.3, 0.4) is 0 Å². The van der Waals surface area contributed by atoms with Gasteiger partial charge in [0, 0.05) is 19.9 Å². The molecule has 0 unspecified atom stereocenters. The Morgan fingerprint density at radius 1 is 1.35 bits per heavy atom. The van der Waals surface area contributed by atoms with Crippen molar-refractivity contribution in [2.75, 3.05) is 18.8 Å². The van der Waals surface area contributed by atoms with Gasteiger partial charge in [-0.15, -0.1) is 0 Å². The van der Waals surface area contributed by atoms with Crippen molar-refractivity contribution in [3.05, 3.63) is 0 Å². The number of carbonyl (C=O) groups excluding carboxylic acids is 3. The number of thioether (sulfide) groups is 1. The molecule has 6 nitrogen and oxygen atoms in total. The highest BCUT2D eigenvalue weighted by atomic mass is 32.2. The zero-order valence-electron chi connectivity index (χ0n) is 13.7. The summed E-state index contributed by atoms with van der Waals surface area (Å²) in [6.45, 7) is 5.45. The summed E-state index contributed by atoms with van der Waals surface area (Å²) in [4.78, 5) is 35.3. The first kappa shape index (κ1) is 19.7. The number of rotatable bonds is 3. The SMILES string of the molecule is CC(=O)SCC(=O)N[C@@H]1CN(C(=O)OC(C)(C)C)CC(F)(F)C1. The van der Waals surface area contributed by atoms with E-state index in [0.29, 0.717) is 0 Å². The number of likely N-dealkylation sites (tertiary alicyclic amines) is 1. The quantitative estimate of drug-likeness (QED) is 0.841. The summed E-state index contributed by atoms with van der Waals surface area (Å²) in [6, 6.07) is -0.883. The van der Waals surface area contributed by atoms with Crippen molar-refractivity contribution < 1.29 is 27.9 Å². The van der Waals surface area contributed by atoms with Crippen LogP contribution < -0.4 is 5.32 Å². The van der Waals surface area contributed by atoms with Gasteiger partial charge in [-0.25, -0.2) is 13.6 Å². The van der Waals surface area contributed by atoms with Crippen LogP contribution in [0.1, 0.15) is 34.1 Å². The average Bonchev–Trinajstić information content (AvgIpc) is 2.32. The van der Waals surface area contributed by atoms with Crippen LogP contribution in [0.2, 0.25) is 0 Å². The second-order valence-corrected chi connectivity index (χ2v) is 7.62. The molecule has 1 fully saturated rings. The van der Waals surface area contributed by atoms with Crippen LogP contribution in [0.4, 0.5) is 13.6 Å². The molecule has 2 amide bonds. The number of amides is 2. The van der Waals surface area contributed by atoms with Gasteiger partial charge in [0.25, 0.3) is 5.92 Å². The fraction of sp³-hybridized carbons (Fsp3) is 0.786. The third-order valence-corrected chi connectivity index (χ3v) is 3.64. The Morgan fingerprint density at radius 2 is 1.96 bits per heavy atom. The molecule has 0 aliphatic carbocycles. The number of hydrogen-bond acceptors (Lipinski definition) is 5. The van der Waals surface area contributed by atoms with Gasteiger partial charge in [0.15, 0.2) is 5.12 Å². The van der Waals surface area contributed by atoms with Crippen molar-refractivity contribution in [1.82, 2.24) is 10.2 Å². The molecule has 1 saturated heterocycles. The predicted molar refractivity (Wildman–Crippen MR) is 82.4 cm³/mol. The summed E-state index contributed by atoms with van der Waals surface area (Å²) in [5.74, 6) is -3.76. The first-order valence-electron chi connectivity index (χ1n) is 7.16. The lowest BCUT2D eigenvalue weighted by molar-refractivity contribution is -0.122. The van der Waals surface area contributed by atoms with Gasteiger partial charge in [0.1, 0.15) is 5.60 Å². The Hall–Kier alpha value is -1.38. The largest absolute Gasteiger partial charge is 0.444 e. The number of hydrogen-bond donors (Lipinski definition) is 1. The number of carbonyl (C=O) groups is 3. The molecule has 23 heavy (non-hydrogen) atoms. The summed E-state index contributed by atoms with van der Waals surface area (Å²) < 4.78 is 32.7. The monoisotopic (exact) mass is 352 g/mol. The second kappa shape index (κ2) is 7.46. The fourth-order valence-electron chi connectivity index (χ4n) is 2.10. The second-order valence-electron chi connectivity index (χ2n) is 6.47. The van der Waals surface area contributed by atoms with Crippen molar-refractivity contribution >= 4 is 28.9 Å². The number of ether oxygens (including phenoxy) is 1. The van der Waals surface area contributed by atoms with Crippen LogP contribution in [0.15, 0.2) is 0 Å². The van der Waals surface area contributed by atoms with E-state index in [9.17, 15) is 23.2 Å². The highest BCUT2D eigenvalue weighted by Crippen LogP contribution is 2.28. The van der Waals surface area contributed by atoms with Crippen LogP contribution in [0.5, 0.6) is 0 Å². The smallest absolute Gasteiger partial charge is 0.410 e. The number of nitrogens with zero attached hydrogens (tertiary/aromatic N) is 1. The molecule has 1 N–H and O–H groups in total. The van der Waals surface area contributed by atoms with Crippen molar-refractivity contribution in [2.45, 2.75) is 51.7 Å². The Morgan fingerprint density at radius 3 is 2.48 bits per heavy atom. The van der Waals surface area contributed by atoms with Gasteiger partial charge in [-0.05, 0) is 20.8 Å². The molecule has 1 atom stereocenters. The summed E-state index contributed by atoms with van der Waals surface area (Å²) in [5.41, 5.74) is -0.791. The third-order valence-electron chi connectivity index (χ3n) is 2.83. The van der Waals surface area contributed by atoms with Crippen molar-refractivity contribution in [2.24, 2.45) is 0 Å². The van der Waals surface area contributed by atoms with Gasteiger partial charge >= 0.3 is 6.09 Å².